The normalized spacial score (nSPS) is 24.5. The molecule has 3 aromatic rings. The summed E-state index contributed by atoms with van der Waals surface area (Å²) in [5, 5.41) is 0. The molecular weight excluding hydrogens is 360 g/mol. The maximum atomic E-state index is 14.2. The first-order chi connectivity index (χ1) is 11.8. The van der Waals surface area contributed by atoms with Gasteiger partial charge in [-0.15, -0.1) is 0 Å². The third-order valence-electron chi connectivity index (χ3n) is 3.96. The van der Waals surface area contributed by atoms with Crippen molar-refractivity contribution < 1.29 is 28.0 Å². The maximum Gasteiger partial charge on any atom is 0.469 e. The Hall–Kier alpha value is -2.11. The summed E-state index contributed by atoms with van der Waals surface area (Å²) in [5.74, 6) is 0.301. The summed E-state index contributed by atoms with van der Waals surface area (Å²) in [6, 6.07) is 0. The average Bonchev–Trinajstić information content (AvgIpc) is 3.21. The number of halogens is 1. The number of H-pyrrole nitrogens is 1. The minimum Gasteiger partial charge on any atom is -0.349 e. The van der Waals surface area contributed by atoms with Gasteiger partial charge in [-0.25, -0.2) is 18.9 Å². The highest BCUT2D eigenvalue weighted by atomic mass is 31.2. The number of fused-ring (bicyclic) bond motifs is 3. The molecule has 0 aromatic carbocycles. The van der Waals surface area contributed by atoms with Crippen LogP contribution in [0.25, 0.3) is 16.9 Å². The van der Waals surface area contributed by atoms with Crippen molar-refractivity contribution in [2.75, 3.05) is 6.61 Å². The number of hydrogen-bond donors (Lipinski definition) is 3. The summed E-state index contributed by atoms with van der Waals surface area (Å²) >= 11 is 0. The van der Waals surface area contributed by atoms with Crippen LogP contribution in [-0.2, 0) is 13.8 Å². The molecule has 134 valence electrons. The molecule has 3 atom stereocenters. The number of nitrogens with one attached hydrogen (secondary N) is 1. The molecule has 0 unspecified atom stereocenters. The van der Waals surface area contributed by atoms with Gasteiger partial charge in [-0.2, -0.15) is 0 Å². The van der Waals surface area contributed by atoms with Gasteiger partial charge >= 0.3 is 7.82 Å². The van der Waals surface area contributed by atoms with Crippen LogP contribution in [0.1, 0.15) is 12.6 Å². The van der Waals surface area contributed by atoms with E-state index < -0.39 is 38.5 Å². The minimum absolute atomic E-state index is 0.0797. The van der Waals surface area contributed by atoms with Crippen molar-refractivity contribution in [3.05, 3.63) is 29.1 Å². The number of phosphoric ester groups is 1. The lowest BCUT2D eigenvalue weighted by atomic mass is 10.2. The van der Waals surface area contributed by atoms with Crippen LogP contribution < -0.4 is 5.56 Å². The van der Waals surface area contributed by atoms with E-state index in [4.69, 9.17) is 14.5 Å². The molecule has 4 heterocycles. The van der Waals surface area contributed by atoms with Crippen molar-refractivity contribution in [2.45, 2.75) is 24.9 Å². The van der Waals surface area contributed by atoms with Crippen LogP contribution in [-0.4, -0.2) is 52.6 Å². The smallest absolute Gasteiger partial charge is 0.349 e. The third-order valence-corrected chi connectivity index (χ3v) is 4.44. The van der Waals surface area contributed by atoms with Crippen LogP contribution in [0.5, 0.6) is 0 Å². The predicted molar refractivity (Wildman–Crippen MR) is 80.5 cm³/mol. The maximum absolute atomic E-state index is 14.2. The first kappa shape index (κ1) is 16.4. The zero-order valence-corrected chi connectivity index (χ0v) is 13.4. The van der Waals surface area contributed by atoms with Crippen LogP contribution in [0, 0.1) is 0 Å². The Bertz CT molecular complexity index is 1040. The molecule has 0 aliphatic carbocycles. The van der Waals surface area contributed by atoms with E-state index in [-0.39, 0.29) is 11.9 Å². The fourth-order valence-corrected chi connectivity index (χ4v) is 3.21. The molecule has 0 radical (unpaired) electrons. The van der Waals surface area contributed by atoms with E-state index in [2.05, 4.69) is 19.5 Å². The van der Waals surface area contributed by atoms with Gasteiger partial charge in [0.25, 0.3) is 5.56 Å². The van der Waals surface area contributed by atoms with E-state index in [1.807, 2.05) is 0 Å². The first-order valence-corrected chi connectivity index (χ1v) is 8.78. The number of hydrogen-bond acceptors (Lipinski definition) is 6. The fourth-order valence-electron chi connectivity index (χ4n) is 2.87. The predicted octanol–water partition coefficient (Wildman–Crippen LogP) is 0.107. The van der Waals surface area contributed by atoms with Crippen molar-refractivity contribution in [1.29, 1.82) is 0 Å². The summed E-state index contributed by atoms with van der Waals surface area (Å²) in [6.07, 6.45) is 0.934. The van der Waals surface area contributed by atoms with E-state index in [1.165, 1.54) is 17.1 Å². The summed E-state index contributed by atoms with van der Waals surface area (Å²) in [6.45, 7) is -0.588. The number of alkyl halides is 1. The van der Waals surface area contributed by atoms with E-state index in [0.29, 0.717) is 11.4 Å². The molecule has 1 aliphatic heterocycles. The topological polar surface area (TPSA) is 144 Å². The van der Waals surface area contributed by atoms with Gasteiger partial charge in [0.05, 0.1) is 12.9 Å². The summed E-state index contributed by atoms with van der Waals surface area (Å²) in [7, 11) is -4.72. The van der Waals surface area contributed by atoms with Gasteiger partial charge in [-0.05, 0) is 0 Å². The SMILES string of the molecule is O=c1[nH]c2nccn2c2c1ncn2[C@H]1C[C@H](F)[C@@H](COP(=O)(O)O)O1. The molecule has 25 heavy (non-hydrogen) atoms. The zero-order valence-electron chi connectivity index (χ0n) is 12.5. The Balaban J connectivity index is 1.69. The highest BCUT2D eigenvalue weighted by molar-refractivity contribution is 7.46. The highest BCUT2D eigenvalue weighted by Crippen LogP contribution is 2.39. The number of nitrogens with zero attached hydrogens (tertiary/aromatic N) is 4. The summed E-state index contributed by atoms with van der Waals surface area (Å²) < 4.78 is 37.8. The number of ether oxygens (including phenoxy) is 1. The second kappa shape index (κ2) is 5.71. The van der Waals surface area contributed by atoms with Gasteiger partial charge in [0.1, 0.15) is 18.5 Å². The third kappa shape index (κ3) is 2.87. The minimum atomic E-state index is -4.72. The summed E-state index contributed by atoms with van der Waals surface area (Å²) in [4.78, 5) is 40.1. The van der Waals surface area contributed by atoms with Crippen molar-refractivity contribution in [3.63, 3.8) is 0 Å². The van der Waals surface area contributed by atoms with Gasteiger partial charge in [0.15, 0.2) is 11.2 Å². The number of rotatable bonds is 4. The Labute approximate surface area is 138 Å². The monoisotopic (exact) mass is 373 g/mol. The highest BCUT2D eigenvalue weighted by Gasteiger charge is 2.38. The lowest BCUT2D eigenvalue weighted by Gasteiger charge is -2.16. The lowest BCUT2D eigenvalue weighted by molar-refractivity contribution is -0.0318. The first-order valence-electron chi connectivity index (χ1n) is 7.25. The van der Waals surface area contributed by atoms with Crippen LogP contribution >= 0.6 is 7.82 Å². The molecule has 11 nitrogen and oxygen atoms in total. The number of imidazole rings is 2. The number of aromatic amines is 1. The Morgan fingerprint density at radius 1 is 1.48 bits per heavy atom. The average molecular weight is 373 g/mol. The van der Waals surface area contributed by atoms with Crippen LogP contribution in [0.15, 0.2) is 23.5 Å². The van der Waals surface area contributed by atoms with Crippen LogP contribution in [0.2, 0.25) is 0 Å². The van der Waals surface area contributed by atoms with Crippen molar-refractivity contribution >= 4 is 24.8 Å². The fraction of sp³-hybridized carbons (Fsp3) is 0.417. The standard InChI is InChI=1S/C12H13FN5O6P/c13-6-3-8(24-7(6)4-23-25(20,21)22)18-5-15-9-10(19)16-12-14-1-2-17(12)11(9)18/h1-2,5-8H,3-4H2,(H,14,16,19)(H2,20,21,22)/t6-,7+,8+/m0/s1. The zero-order chi connectivity index (χ0) is 17.8. The second-order valence-corrected chi connectivity index (χ2v) is 6.81. The Kier molecular flexibility index (Phi) is 3.74. The van der Waals surface area contributed by atoms with E-state index >= 15 is 0 Å². The lowest BCUT2D eigenvalue weighted by Crippen LogP contribution is -2.23. The van der Waals surface area contributed by atoms with Crippen LogP contribution in [0.4, 0.5) is 4.39 Å². The number of phosphoric acid groups is 1. The molecule has 4 rings (SSSR count). The van der Waals surface area contributed by atoms with E-state index in [0.717, 1.165) is 0 Å². The van der Waals surface area contributed by atoms with Gasteiger partial charge in [0, 0.05) is 18.8 Å². The summed E-state index contributed by atoms with van der Waals surface area (Å²) in [5.41, 5.74) is 0.0769. The second-order valence-electron chi connectivity index (χ2n) is 5.57. The van der Waals surface area contributed by atoms with Crippen molar-refractivity contribution in [2.24, 2.45) is 0 Å². The van der Waals surface area contributed by atoms with E-state index in [9.17, 15) is 13.8 Å². The Morgan fingerprint density at radius 2 is 2.28 bits per heavy atom. The van der Waals surface area contributed by atoms with Gasteiger partial charge in [0.2, 0.25) is 5.78 Å². The van der Waals surface area contributed by atoms with Gasteiger partial charge in [-0.3, -0.25) is 23.3 Å². The Morgan fingerprint density at radius 3 is 3.04 bits per heavy atom. The molecule has 0 amide bonds. The molecule has 0 bridgehead atoms. The molecule has 1 aliphatic rings. The molecule has 1 saturated heterocycles. The molecule has 3 aromatic heterocycles. The largest absolute Gasteiger partial charge is 0.469 e. The molecular formula is C12H13FN5O6P. The van der Waals surface area contributed by atoms with Crippen molar-refractivity contribution in [3.8, 4) is 0 Å². The van der Waals surface area contributed by atoms with Crippen LogP contribution in [0.3, 0.4) is 0 Å². The molecule has 0 spiro atoms. The van der Waals surface area contributed by atoms with E-state index in [1.54, 1.807) is 10.6 Å². The van der Waals surface area contributed by atoms with Gasteiger partial charge in [-0.1, -0.05) is 0 Å². The van der Waals surface area contributed by atoms with Gasteiger partial charge < -0.3 is 14.5 Å². The molecule has 1 fully saturated rings. The quantitative estimate of drug-likeness (QED) is 0.547. The molecule has 0 saturated carbocycles. The molecule has 13 heteroatoms. The molecule has 3 N–H and O–H groups in total. The number of aromatic nitrogens is 5. The van der Waals surface area contributed by atoms with Crippen molar-refractivity contribution in [1.82, 2.24) is 23.9 Å².